The van der Waals surface area contributed by atoms with Crippen molar-refractivity contribution in [3.05, 3.63) is 40.5 Å². The van der Waals surface area contributed by atoms with Crippen LogP contribution in [0.3, 0.4) is 0 Å². The lowest BCUT2D eigenvalue weighted by Crippen LogP contribution is -2.16. The number of para-hydroxylation sites is 1. The molecule has 21 heavy (non-hydrogen) atoms. The maximum atomic E-state index is 6.24. The second-order valence-corrected chi connectivity index (χ2v) is 5.54. The molecule has 0 amide bonds. The molecule has 0 spiro atoms. The molecule has 1 aromatic carbocycles. The van der Waals surface area contributed by atoms with E-state index in [4.69, 9.17) is 20.9 Å². The monoisotopic (exact) mass is 307 g/mol. The normalized spacial score (nSPS) is 14.4. The van der Waals surface area contributed by atoms with Crippen molar-refractivity contribution in [2.75, 3.05) is 0 Å². The van der Waals surface area contributed by atoms with Crippen molar-refractivity contribution in [2.45, 2.75) is 45.4 Å². The summed E-state index contributed by atoms with van der Waals surface area (Å²) in [4.78, 5) is 4.23. The van der Waals surface area contributed by atoms with Crippen molar-refractivity contribution in [3.63, 3.8) is 0 Å². The summed E-state index contributed by atoms with van der Waals surface area (Å²) in [5.41, 5.74) is 1.05. The summed E-state index contributed by atoms with van der Waals surface area (Å²) < 4.78 is 10.9. The molecule has 1 aliphatic rings. The van der Waals surface area contributed by atoms with E-state index in [0.717, 1.165) is 18.5 Å². The molecular formula is C15H18ClN3O2. The van der Waals surface area contributed by atoms with Gasteiger partial charge in [-0.2, -0.15) is 4.98 Å². The van der Waals surface area contributed by atoms with Gasteiger partial charge in [0, 0.05) is 24.6 Å². The summed E-state index contributed by atoms with van der Waals surface area (Å²) in [6, 6.07) is 6.41. The number of ether oxygens (including phenoxy) is 1. The Morgan fingerprint density at radius 3 is 3.00 bits per heavy atom. The summed E-state index contributed by atoms with van der Waals surface area (Å²) in [6.07, 6.45) is 3.24. The standard InChI is InChI=1S/C15H18ClN3O2/c1-2-13-18-14(21-19-13)9-20-15-10(4-3-5-12(15)16)8-17-11-6-7-11/h3-5,11,17H,2,6-9H2,1H3. The molecule has 0 bridgehead atoms. The van der Waals surface area contributed by atoms with Gasteiger partial charge in [-0.3, -0.25) is 0 Å². The van der Waals surface area contributed by atoms with Gasteiger partial charge in [-0.15, -0.1) is 0 Å². The van der Waals surface area contributed by atoms with Crippen molar-refractivity contribution in [1.82, 2.24) is 15.5 Å². The van der Waals surface area contributed by atoms with Crippen LogP contribution in [0.2, 0.25) is 5.02 Å². The molecule has 0 atom stereocenters. The van der Waals surface area contributed by atoms with Crippen LogP contribution >= 0.6 is 11.6 Å². The molecule has 6 heteroatoms. The number of halogens is 1. The number of hydrogen-bond acceptors (Lipinski definition) is 5. The van der Waals surface area contributed by atoms with E-state index in [0.29, 0.717) is 28.5 Å². The second-order valence-electron chi connectivity index (χ2n) is 5.13. The third-order valence-corrected chi connectivity index (χ3v) is 3.67. The Hall–Kier alpha value is -1.59. The van der Waals surface area contributed by atoms with Gasteiger partial charge >= 0.3 is 0 Å². The van der Waals surface area contributed by atoms with Crippen LogP contribution in [0.25, 0.3) is 0 Å². The fourth-order valence-electron chi connectivity index (χ4n) is 2.02. The van der Waals surface area contributed by atoms with Crippen LogP contribution in [0.1, 0.15) is 37.0 Å². The molecule has 1 N–H and O–H groups in total. The SMILES string of the molecule is CCc1noc(COc2c(Cl)cccc2CNC2CC2)n1. The summed E-state index contributed by atoms with van der Waals surface area (Å²) >= 11 is 6.24. The number of hydrogen-bond donors (Lipinski definition) is 1. The third-order valence-electron chi connectivity index (χ3n) is 3.37. The van der Waals surface area contributed by atoms with E-state index in [1.807, 2.05) is 25.1 Å². The third kappa shape index (κ3) is 3.74. The van der Waals surface area contributed by atoms with E-state index < -0.39 is 0 Å². The molecule has 5 nitrogen and oxygen atoms in total. The Bertz CT molecular complexity index is 611. The zero-order valence-electron chi connectivity index (χ0n) is 11.9. The first-order valence-electron chi connectivity index (χ1n) is 7.21. The maximum Gasteiger partial charge on any atom is 0.264 e. The van der Waals surface area contributed by atoms with E-state index in [1.54, 1.807) is 0 Å². The summed E-state index contributed by atoms with van der Waals surface area (Å²) in [6.45, 7) is 2.96. The fraction of sp³-hybridized carbons (Fsp3) is 0.467. The number of nitrogens with zero attached hydrogens (tertiary/aromatic N) is 2. The number of rotatable bonds is 7. The largest absolute Gasteiger partial charge is 0.482 e. The van der Waals surface area contributed by atoms with Gasteiger partial charge in [0.15, 0.2) is 12.4 Å². The fourth-order valence-corrected chi connectivity index (χ4v) is 2.27. The van der Waals surface area contributed by atoms with E-state index in [9.17, 15) is 0 Å². The molecule has 1 aromatic heterocycles. The van der Waals surface area contributed by atoms with Crippen molar-refractivity contribution in [3.8, 4) is 5.75 Å². The lowest BCUT2D eigenvalue weighted by Gasteiger charge is -2.12. The Labute approximate surface area is 128 Å². The van der Waals surface area contributed by atoms with Gasteiger partial charge in [0.05, 0.1) is 5.02 Å². The number of nitrogens with one attached hydrogen (secondary N) is 1. The Morgan fingerprint density at radius 1 is 1.43 bits per heavy atom. The van der Waals surface area contributed by atoms with E-state index in [-0.39, 0.29) is 6.61 Å². The molecule has 0 aliphatic heterocycles. The molecule has 1 heterocycles. The number of aromatic nitrogens is 2. The molecule has 0 radical (unpaired) electrons. The number of aryl methyl sites for hydroxylation is 1. The highest BCUT2D eigenvalue weighted by atomic mass is 35.5. The topological polar surface area (TPSA) is 60.2 Å². The van der Waals surface area contributed by atoms with Crippen LogP contribution in [-0.4, -0.2) is 16.2 Å². The average Bonchev–Trinajstić information content (AvgIpc) is 3.21. The van der Waals surface area contributed by atoms with Gasteiger partial charge in [-0.05, 0) is 18.9 Å². The highest BCUT2D eigenvalue weighted by molar-refractivity contribution is 6.32. The Kier molecular flexibility index (Phi) is 4.41. The highest BCUT2D eigenvalue weighted by Gasteiger charge is 2.21. The smallest absolute Gasteiger partial charge is 0.264 e. The van der Waals surface area contributed by atoms with Crippen LogP contribution in [0, 0.1) is 0 Å². The number of benzene rings is 1. The average molecular weight is 308 g/mol. The first kappa shape index (κ1) is 14.4. The van der Waals surface area contributed by atoms with Gasteiger partial charge in [-0.25, -0.2) is 0 Å². The van der Waals surface area contributed by atoms with Gasteiger partial charge in [0.1, 0.15) is 5.75 Å². The predicted octanol–water partition coefficient (Wildman–Crippen LogP) is 3.12. The highest BCUT2D eigenvalue weighted by Crippen LogP contribution is 2.30. The van der Waals surface area contributed by atoms with Gasteiger partial charge in [0.25, 0.3) is 5.89 Å². The second kappa shape index (κ2) is 6.45. The van der Waals surface area contributed by atoms with Crippen LogP contribution in [0.15, 0.2) is 22.7 Å². The lowest BCUT2D eigenvalue weighted by atomic mass is 10.2. The maximum absolute atomic E-state index is 6.24. The van der Waals surface area contributed by atoms with Crippen LogP contribution in [0.4, 0.5) is 0 Å². The van der Waals surface area contributed by atoms with Gasteiger partial charge in [0.2, 0.25) is 0 Å². The molecule has 1 fully saturated rings. The summed E-state index contributed by atoms with van der Waals surface area (Å²) in [7, 11) is 0. The molecule has 1 aliphatic carbocycles. The molecule has 3 rings (SSSR count). The van der Waals surface area contributed by atoms with Gasteiger partial charge < -0.3 is 14.6 Å². The van der Waals surface area contributed by atoms with E-state index in [1.165, 1.54) is 12.8 Å². The zero-order valence-corrected chi connectivity index (χ0v) is 12.7. The molecule has 1 saturated carbocycles. The first-order valence-corrected chi connectivity index (χ1v) is 7.59. The predicted molar refractivity (Wildman–Crippen MR) is 79.3 cm³/mol. The minimum absolute atomic E-state index is 0.229. The van der Waals surface area contributed by atoms with Crippen LogP contribution < -0.4 is 10.1 Å². The molecular weight excluding hydrogens is 290 g/mol. The van der Waals surface area contributed by atoms with E-state index in [2.05, 4.69) is 15.5 Å². The van der Waals surface area contributed by atoms with Crippen molar-refractivity contribution in [1.29, 1.82) is 0 Å². The zero-order chi connectivity index (χ0) is 14.7. The molecule has 2 aromatic rings. The van der Waals surface area contributed by atoms with Crippen LogP contribution in [0.5, 0.6) is 5.75 Å². The Morgan fingerprint density at radius 2 is 2.29 bits per heavy atom. The minimum Gasteiger partial charge on any atom is -0.482 e. The molecule has 0 saturated heterocycles. The summed E-state index contributed by atoms with van der Waals surface area (Å²) in [5, 5.41) is 7.91. The Balaban J connectivity index is 1.67. The molecule has 112 valence electrons. The summed E-state index contributed by atoms with van der Waals surface area (Å²) in [5.74, 6) is 1.83. The van der Waals surface area contributed by atoms with Crippen molar-refractivity contribution < 1.29 is 9.26 Å². The van der Waals surface area contributed by atoms with Crippen molar-refractivity contribution in [2.24, 2.45) is 0 Å². The molecule has 0 unspecified atom stereocenters. The van der Waals surface area contributed by atoms with Crippen molar-refractivity contribution >= 4 is 11.6 Å². The van der Waals surface area contributed by atoms with E-state index >= 15 is 0 Å². The van der Waals surface area contributed by atoms with Gasteiger partial charge in [-0.1, -0.05) is 35.8 Å². The lowest BCUT2D eigenvalue weighted by molar-refractivity contribution is 0.240. The quantitative estimate of drug-likeness (QED) is 0.851. The first-order chi connectivity index (χ1) is 10.3. The van der Waals surface area contributed by atoms with Crippen LogP contribution in [-0.2, 0) is 19.6 Å². The minimum atomic E-state index is 0.229.